The van der Waals surface area contributed by atoms with Gasteiger partial charge in [-0.3, -0.25) is 9.48 Å². The molecule has 3 aromatic rings. The fraction of sp³-hybridized carbons (Fsp3) is 0.389. The van der Waals surface area contributed by atoms with Gasteiger partial charge in [0, 0.05) is 17.3 Å². The predicted molar refractivity (Wildman–Crippen MR) is 93.9 cm³/mol. The molecule has 0 radical (unpaired) electrons. The van der Waals surface area contributed by atoms with Crippen molar-refractivity contribution in [3.63, 3.8) is 0 Å². The van der Waals surface area contributed by atoms with Gasteiger partial charge in [0.05, 0.1) is 34.6 Å². The number of nitrogens with one attached hydrogen (secondary N) is 2. The third-order valence-corrected chi connectivity index (χ3v) is 4.12. The molecule has 0 saturated heterocycles. The zero-order valence-corrected chi connectivity index (χ0v) is 14.7. The van der Waals surface area contributed by atoms with Crippen molar-refractivity contribution in [1.29, 1.82) is 0 Å². The van der Waals surface area contributed by atoms with Gasteiger partial charge in [0.15, 0.2) is 0 Å². The van der Waals surface area contributed by atoms with Crippen LogP contribution in [0.4, 0.5) is 0 Å². The molecule has 2 aromatic heterocycles. The van der Waals surface area contributed by atoms with Crippen LogP contribution < -0.4 is 5.32 Å². The van der Waals surface area contributed by atoms with E-state index < -0.39 is 0 Å². The quantitative estimate of drug-likeness (QED) is 0.775. The van der Waals surface area contributed by atoms with E-state index in [-0.39, 0.29) is 17.5 Å². The summed E-state index contributed by atoms with van der Waals surface area (Å²) in [5.41, 5.74) is 4.19. The number of aromatic amines is 1. The lowest BCUT2D eigenvalue weighted by molar-refractivity contribution is 0.0940. The lowest BCUT2D eigenvalue weighted by Gasteiger charge is -2.19. The highest BCUT2D eigenvalue weighted by Gasteiger charge is 2.20. The van der Waals surface area contributed by atoms with Gasteiger partial charge in [-0.2, -0.15) is 5.10 Å². The van der Waals surface area contributed by atoms with Crippen LogP contribution in [0.1, 0.15) is 55.4 Å². The summed E-state index contributed by atoms with van der Waals surface area (Å²) in [4.78, 5) is 19.7. The summed E-state index contributed by atoms with van der Waals surface area (Å²) in [6.45, 7) is 10.3. The van der Waals surface area contributed by atoms with E-state index in [9.17, 15) is 4.79 Å². The Bertz CT molecular complexity index is 884. The second kappa shape index (κ2) is 5.78. The number of carbonyl (C=O) groups is 1. The number of carbonyl (C=O) groups excluding carboxylic acids is 1. The lowest BCUT2D eigenvalue weighted by atomic mass is 10.1. The molecule has 1 atom stereocenters. The van der Waals surface area contributed by atoms with Gasteiger partial charge in [-0.15, -0.1) is 0 Å². The molecule has 0 unspecified atom stereocenters. The third-order valence-electron chi connectivity index (χ3n) is 4.12. The average molecular weight is 325 g/mol. The number of benzene rings is 1. The SMILES string of the molecule is Cc1nn(C(C)(C)C)cc1[C@@H](C)NC(=O)c1ccc2nc[nH]c2c1. The summed E-state index contributed by atoms with van der Waals surface area (Å²) in [7, 11) is 0. The topological polar surface area (TPSA) is 75.6 Å². The molecule has 2 N–H and O–H groups in total. The van der Waals surface area contributed by atoms with E-state index >= 15 is 0 Å². The van der Waals surface area contributed by atoms with Gasteiger partial charge >= 0.3 is 0 Å². The van der Waals surface area contributed by atoms with E-state index in [1.54, 1.807) is 12.4 Å². The third kappa shape index (κ3) is 3.04. The zero-order valence-electron chi connectivity index (χ0n) is 14.7. The van der Waals surface area contributed by atoms with Crippen molar-refractivity contribution in [3.05, 3.63) is 47.5 Å². The number of imidazole rings is 1. The number of nitrogens with zero attached hydrogens (tertiary/aromatic N) is 3. The van der Waals surface area contributed by atoms with E-state index in [1.807, 2.05) is 36.9 Å². The second-order valence-electron chi connectivity index (χ2n) is 7.11. The normalized spacial score (nSPS) is 13.2. The van der Waals surface area contributed by atoms with Crippen molar-refractivity contribution >= 4 is 16.9 Å². The molecule has 24 heavy (non-hydrogen) atoms. The molecule has 1 amide bonds. The first kappa shape index (κ1) is 16.2. The van der Waals surface area contributed by atoms with E-state index in [4.69, 9.17) is 0 Å². The fourth-order valence-electron chi connectivity index (χ4n) is 2.68. The molecule has 0 fully saturated rings. The number of H-pyrrole nitrogens is 1. The van der Waals surface area contributed by atoms with Crippen LogP contribution in [0.5, 0.6) is 0 Å². The minimum atomic E-state index is -0.119. The number of aryl methyl sites for hydroxylation is 1. The number of amides is 1. The van der Waals surface area contributed by atoms with Crippen LogP contribution in [0.3, 0.4) is 0 Å². The van der Waals surface area contributed by atoms with Crippen LogP contribution in [0.25, 0.3) is 11.0 Å². The van der Waals surface area contributed by atoms with E-state index in [2.05, 4.69) is 41.2 Å². The molecular weight excluding hydrogens is 302 g/mol. The van der Waals surface area contributed by atoms with Crippen LogP contribution >= 0.6 is 0 Å². The average Bonchev–Trinajstić information content (AvgIpc) is 3.11. The number of hydrogen-bond acceptors (Lipinski definition) is 3. The second-order valence-corrected chi connectivity index (χ2v) is 7.11. The first-order chi connectivity index (χ1) is 11.3. The maximum atomic E-state index is 12.5. The summed E-state index contributed by atoms with van der Waals surface area (Å²) in [6, 6.07) is 5.33. The minimum absolute atomic E-state index is 0.0849. The van der Waals surface area contributed by atoms with Crippen LogP contribution in [0.15, 0.2) is 30.7 Å². The molecule has 6 heteroatoms. The molecular formula is C18H23N5O. The number of fused-ring (bicyclic) bond motifs is 1. The molecule has 126 valence electrons. The Balaban J connectivity index is 1.80. The van der Waals surface area contributed by atoms with Crippen molar-refractivity contribution in [3.8, 4) is 0 Å². The first-order valence-electron chi connectivity index (χ1n) is 8.06. The molecule has 0 spiro atoms. The number of aromatic nitrogens is 4. The monoisotopic (exact) mass is 325 g/mol. The summed E-state index contributed by atoms with van der Waals surface area (Å²) in [6.07, 6.45) is 3.64. The molecule has 1 aromatic carbocycles. The van der Waals surface area contributed by atoms with Gasteiger partial charge < -0.3 is 10.3 Å². The van der Waals surface area contributed by atoms with Gasteiger partial charge in [-0.25, -0.2) is 4.98 Å². The van der Waals surface area contributed by atoms with Crippen LogP contribution in [-0.2, 0) is 5.54 Å². The van der Waals surface area contributed by atoms with Crippen molar-refractivity contribution in [2.75, 3.05) is 0 Å². The van der Waals surface area contributed by atoms with Crippen molar-refractivity contribution in [2.24, 2.45) is 0 Å². The highest BCUT2D eigenvalue weighted by molar-refractivity contribution is 5.97. The molecule has 0 aliphatic rings. The van der Waals surface area contributed by atoms with Gasteiger partial charge in [0.2, 0.25) is 0 Å². The van der Waals surface area contributed by atoms with Crippen molar-refractivity contribution in [1.82, 2.24) is 25.1 Å². The summed E-state index contributed by atoms with van der Waals surface area (Å²) in [5, 5.41) is 7.62. The molecule has 0 aliphatic heterocycles. The molecule has 0 saturated carbocycles. The summed E-state index contributed by atoms with van der Waals surface area (Å²) < 4.78 is 1.94. The Labute approximate surface area is 141 Å². The summed E-state index contributed by atoms with van der Waals surface area (Å²) >= 11 is 0. The molecule has 3 rings (SSSR count). The maximum Gasteiger partial charge on any atom is 0.251 e. The van der Waals surface area contributed by atoms with E-state index in [1.165, 1.54) is 0 Å². The predicted octanol–water partition coefficient (Wildman–Crippen LogP) is 3.31. The molecule has 0 aliphatic carbocycles. The Kier molecular flexibility index (Phi) is 3.91. The van der Waals surface area contributed by atoms with E-state index in [0.717, 1.165) is 22.3 Å². The maximum absolute atomic E-state index is 12.5. The lowest BCUT2D eigenvalue weighted by Crippen LogP contribution is -2.27. The highest BCUT2D eigenvalue weighted by atomic mass is 16.1. The Morgan fingerprint density at radius 1 is 1.33 bits per heavy atom. The molecule has 2 heterocycles. The van der Waals surface area contributed by atoms with Gasteiger partial charge in [0.25, 0.3) is 5.91 Å². The first-order valence-corrected chi connectivity index (χ1v) is 8.06. The van der Waals surface area contributed by atoms with E-state index in [0.29, 0.717) is 5.56 Å². The highest BCUT2D eigenvalue weighted by Crippen LogP contribution is 2.21. The number of hydrogen-bond donors (Lipinski definition) is 2. The van der Waals surface area contributed by atoms with Gasteiger partial charge in [-0.1, -0.05) is 0 Å². The molecule has 0 bridgehead atoms. The smallest absolute Gasteiger partial charge is 0.251 e. The Morgan fingerprint density at radius 2 is 2.08 bits per heavy atom. The standard InChI is InChI=1S/C18H23N5O/c1-11(14-9-23(18(3,4)5)22-12(14)2)21-17(24)13-6-7-15-16(8-13)20-10-19-15/h6-11H,1-5H3,(H,19,20)(H,21,24)/t11-/m1/s1. The molecule has 6 nitrogen and oxygen atoms in total. The van der Waals surface area contributed by atoms with Crippen molar-refractivity contribution in [2.45, 2.75) is 46.2 Å². The van der Waals surface area contributed by atoms with Crippen LogP contribution in [-0.4, -0.2) is 25.7 Å². The Hall–Kier alpha value is -2.63. The minimum Gasteiger partial charge on any atom is -0.345 e. The van der Waals surface area contributed by atoms with Gasteiger partial charge in [0.1, 0.15) is 0 Å². The largest absolute Gasteiger partial charge is 0.345 e. The number of rotatable bonds is 3. The van der Waals surface area contributed by atoms with Gasteiger partial charge in [-0.05, 0) is 52.8 Å². The zero-order chi connectivity index (χ0) is 17.5. The van der Waals surface area contributed by atoms with Crippen LogP contribution in [0, 0.1) is 6.92 Å². The van der Waals surface area contributed by atoms with Crippen LogP contribution in [0.2, 0.25) is 0 Å². The summed E-state index contributed by atoms with van der Waals surface area (Å²) in [5.74, 6) is -0.109. The van der Waals surface area contributed by atoms with Crippen molar-refractivity contribution < 1.29 is 4.79 Å². The fourth-order valence-corrected chi connectivity index (χ4v) is 2.68. The Morgan fingerprint density at radius 3 is 2.75 bits per heavy atom.